The summed E-state index contributed by atoms with van der Waals surface area (Å²) in [6, 6.07) is 12.1. The smallest absolute Gasteiger partial charge is 0.255 e. The Labute approximate surface area is 224 Å². The summed E-state index contributed by atoms with van der Waals surface area (Å²) in [7, 11) is 0. The molecular weight excluding hydrogens is 502 g/mol. The van der Waals surface area contributed by atoms with Gasteiger partial charge in [0.05, 0.1) is 17.2 Å². The molecule has 0 spiro atoms. The lowest BCUT2D eigenvalue weighted by atomic mass is 9.56. The fourth-order valence-corrected chi connectivity index (χ4v) is 5.95. The van der Waals surface area contributed by atoms with E-state index >= 15 is 0 Å². The molecule has 9 nitrogen and oxygen atoms in total. The standard InChI is InChI=1S/C30H29NO8/c1-29(2,3)14-9-7-13(8-10-14)11-16-15-5-4-6-18(32)20(15)25(35)23-21(16)24(34)17-12-19(33)22(28(31)38)26(36)30(17,39)27(23)37/h4-11,17,21,24,32,34-36,39H,12H2,1-3H3,(H2,31,38)/b16-11+/t17-,21-,24-,30?/m1/s1. The van der Waals surface area contributed by atoms with Gasteiger partial charge in [-0.2, -0.15) is 0 Å². The average molecular weight is 532 g/mol. The molecule has 7 N–H and O–H groups in total. The molecular formula is C30H29NO8. The molecule has 0 bridgehead atoms. The number of fused-ring (bicyclic) bond motifs is 3. The van der Waals surface area contributed by atoms with Crippen LogP contribution in [0.15, 0.2) is 59.4 Å². The Balaban J connectivity index is 1.77. The Bertz CT molecular complexity index is 1540. The third kappa shape index (κ3) is 3.72. The first kappa shape index (κ1) is 26.4. The normalized spacial score (nSPS) is 27.8. The largest absolute Gasteiger partial charge is 0.508 e. The number of amides is 1. The van der Waals surface area contributed by atoms with Gasteiger partial charge in [0.15, 0.2) is 11.4 Å². The molecule has 5 rings (SSSR count). The molecule has 0 heterocycles. The SMILES string of the molecule is CC(C)(C)c1ccc(/C=C2\c3cccc(O)c3C(O)=C3C(=O)C4(O)C(O)=C(C(N)=O)C(=O)C[C@@H]4[C@@H](O)[C@@H]32)cc1. The third-order valence-electron chi connectivity index (χ3n) is 8.00. The zero-order valence-corrected chi connectivity index (χ0v) is 21.6. The summed E-state index contributed by atoms with van der Waals surface area (Å²) in [5, 5.41) is 55.8. The average Bonchev–Trinajstić information content (AvgIpc) is 2.85. The Hall–Kier alpha value is -4.21. The lowest BCUT2D eigenvalue weighted by Gasteiger charge is -2.49. The van der Waals surface area contributed by atoms with Gasteiger partial charge in [0.25, 0.3) is 5.91 Å². The number of phenolic OH excluding ortho intramolecular Hbond substituents is 1. The van der Waals surface area contributed by atoms with Gasteiger partial charge in [-0.1, -0.05) is 63.2 Å². The molecule has 1 amide bonds. The molecule has 1 unspecified atom stereocenters. The number of rotatable bonds is 2. The highest BCUT2D eigenvalue weighted by Crippen LogP contribution is 2.55. The molecule has 2 aromatic rings. The van der Waals surface area contributed by atoms with Crippen molar-refractivity contribution in [2.75, 3.05) is 0 Å². The maximum absolute atomic E-state index is 13.9. The van der Waals surface area contributed by atoms with Crippen molar-refractivity contribution in [2.24, 2.45) is 17.6 Å². The van der Waals surface area contributed by atoms with Gasteiger partial charge in [0.1, 0.15) is 22.8 Å². The van der Waals surface area contributed by atoms with Crippen LogP contribution in [0.25, 0.3) is 17.4 Å². The van der Waals surface area contributed by atoms with E-state index in [1.807, 2.05) is 24.3 Å². The van der Waals surface area contributed by atoms with Gasteiger partial charge in [-0.15, -0.1) is 0 Å². The third-order valence-corrected chi connectivity index (χ3v) is 8.00. The van der Waals surface area contributed by atoms with Crippen LogP contribution in [-0.4, -0.2) is 54.7 Å². The predicted octanol–water partition coefficient (Wildman–Crippen LogP) is 2.69. The van der Waals surface area contributed by atoms with Crippen LogP contribution in [0.5, 0.6) is 5.75 Å². The summed E-state index contributed by atoms with van der Waals surface area (Å²) >= 11 is 0. The van der Waals surface area contributed by atoms with Crippen LogP contribution in [0.3, 0.4) is 0 Å². The molecule has 39 heavy (non-hydrogen) atoms. The van der Waals surface area contributed by atoms with Crippen LogP contribution < -0.4 is 5.73 Å². The van der Waals surface area contributed by atoms with E-state index in [0.717, 1.165) is 5.56 Å². The van der Waals surface area contributed by atoms with Crippen LogP contribution in [0.2, 0.25) is 0 Å². The van der Waals surface area contributed by atoms with Crippen molar-refractivity contribution in [3.63, 3.8) is 0 Å². The number of benzene rings is 2. The molecule has 1 fully saturated rings. The maximum Gasteiger partial charge on any atom is 0.255 e. The number of carbonyl (C=O) groups is 3. The summed E-state index contributed by atoms with van der Waals surface area (Å²) in [6.45, 7) is 6.22. The van der Waals surface area contributed by atoms with E-state index in [4.69, 9.17) is 5.73 Å². The van der Waals surface area contributed by atoms with Crippen LogP contribution in [0, 0.1) is 11.8 Å². The molecule has 3 aliphatic rings. The van der Waals surface area contributed by atoms with E-state index in [1.165, 1.54) is 6.07 Å². The summed E-state index contributed by atoms with van der Waals surface area (Å²) in [5.41, 5.74) is 3.25. The molecule has 0 aromatic heterocycles. The van der Waals surface area contributed by atoms with Crippen molar-refractivity contribution in [1.29, 1.82) is 0 Å². The number of hydrogen-bond acceptors (Lipinski definition) is 8. The minimum Gasteiger partial charge on any atom is -0.508 e. The van der Waals surface area contributed by atoms with E-state index < -0.39 is 70.1 Å². The molecule has 9 heteroatoms. The number of Topliss-reactive ketones (excluding diaryl/α,β-unsaturated/α-hetero) is 2. The zero-order chi connectivity index (χ0) is 28.6. The van der Waals surface area contributed by atoms with Gasteiger partial charge in [0, 0.05) is 18.3 Å². The van der Waals surface area contributed by atoms with E-state index in [1.54, 1.807) is 18.2 Å². The monoisotopic (exact) mass is 531 g/mol. The lowest BCUT2D eigenvalue weighted by molar-refractivity contribution is -0.157. The summed E-state index contributed by atoms with van der Waals surface area (Å²) in [4.78, 5) is 38.4. The number of ketones is 2. The van der Waals surface area contributed by atoms with Gasteiger partial charge in [-0.3, -0.25) is 14.4 Å². The van der Waals surface area contributed by atoms with Gasteiger partial charge in [0.2, 0.25) is 5.78 Å². The molecule has 0 saturated heterocycles. The van der Waals surface area contributed by atoms with Crippen molar-refractivity contribution in [1.82, 2.24) is 0 Å². The Morgan fingerprint density at radius 1 is 1.05 bits per heavy atom. The molecule has 4 atom stereocenters. The lowest BCUT2D eigenvalue weighted by Crippen LogP contribution is -2.63. The first-order valence-electron chi connectivity index (χ1n) is 12.5. The fourth-order valence-electron chi connectivity index (χ4n) is 5.95. The van der Waals surface area contributed by atoms with Crippen molar-refractivity contribution < 1.29 is 39.9 Å². The van der Waals surface area contributed by atoms with Gasteiger partial charge in [-0.25, -0.2) is 0 Å². The molecule has 1 saturated carbocycles. The van der Waals surface area contributed by atoms with Crippen molar-refractivity contribution >= 4 is 34.9 Å². The minimum absolute atomic E-state index is 0.0885. The number of nitrogens with two attached hydrogens (primary N) is 1. The van der Waals surface area contributed by atoms with Crippen molar-refractivity contribution in [3.8, 4) is 5.75 Å². The molecule has 0 aliphatic heterocycles. The van der Waals surface area contributed by atoms with Gasteiger partial charge >= 0.3 is 0 Å². The Morgan fingerprint density at radius 3 is 2.28 bits per heavy atom. The number of aromatic hydroxyl groups is 1. The van der Waals surface area contributed by atoms with Crippen LogP contribution >= 0.6 is 0 Å². The van der Waals surface area contributed by atoms with Gasteiger partial charge in [-0.05, 0) is 33.7 Å². The quantitative estimate of drug-likeness (QED) is 0.320. The van der Waals surface area contributed by atoms with Crippen LogP contribution in [-0.2, 0) is 19.8 Å². The summed E-state index contributed by atoms with van der Waals surface area (Å²) in [5.74, 6) is -8.51. The summed E-state index contributed by atoms with van der Waals surface area (Å²) in [6.07, 6.45) is -0.588. The minimum atomic E-state index is -2.89. The molecule has 3 aliphatic carbocycles. The highest BCUT2D eigenvalue weighted by Gasteiger charge is 2.64. The van der Waals surface area contributed by atoms with Crippen molar-refractivity contribution in [3.05, 3.63) is 81.6 Å². The highest BCUT2D eigenvalue weighted by molar-refractivity contribution is 6.23. The maximum atomic E-state index is 13.9. The van der Waals surface area contributed by atoms with Gasteiger partial charge < -0.3 is 31.3 Å². The number of aliphatic hydroxyl groups is 4. The van der Waals surface area contributed by atoms with Crippen LogP contribution in [0.1, 0.15) is 49.4 Å². The number of aliphatic hydroxyl groups excluding tert-OH is 3. The van der Waals surface area contributed by atoms with Crippen molar-refractivity contribution in [2.45, 2.75) is 44.3 Å². The number of phenols is 1. The number of carbonyl (C=O) groups excluding carboxylic acids is 3. The van der Waals surface area contributed by atoms with Crippen LogP contribution in [0.4, 0.5) is 0 Å². The van der Waals surface area contributed by atoms with E-state index in [-0.39, 0.29) is 16.7 Å². The zero-order valence-electron chi connectivity index (χ0n) is 21.6. The Morgan fingerprint density at radius 2 is 1.69 bits per heavy atom. The predicted molar refractivity (Wildman–Crippen MR) is 142 cm³/mol. The second kappa shape index (κ2) is 8.65. The molecule has 0 radical (unpaired) electrons. The first-order valence-corrected chi connectivity index (χ1v) is 12.5. The summed E-state index contributed by atoms with van der Waals surface area (Å²) < 4.78 is 0. The highest BCUT2D eigenvalue weighted by atomic mass is 16.4. The number of primary amides is 1. The first-order chi connectivity index (χ1) is 18.2. The molecule has 2 aromatic carbocycles. The fraction of sp³-hybridized carbons (Fsp3) is 0.300. The van der Waals surface area contributed by atoms with E-state index in [2.05, 4.69) is 20.8 Å². The second-order valence-corrected chi connectivity index (χ2v) is 11.3. The molecule has 202 valence electrons. The topological polar surface area (TPSA) is 178 Å². The van der Waals surface area contributed by atoms with E-state index in [0.29, 0.717) is 16.7 Å². The second-order valence-electron chi connectivity index (χ2n) is 11.3. The van der Waals surface area contributed by atoms with E-state index in [9.17, 15) is 39.9 Å². The number of hydrogen-bond donors (Lipinski definition) is 6. The Kier molecular flexibility index (Phi) is 5.86.